The van der Waals surface area contributed by atoms with Gasteiger partial charge in [0.15, 0.2) is 0 Å². The number of aromatic nitrogens is 1. The molecular weight excluding hydrogens is 214 g/mol. The van der Waals surface area contributed by atoms with Crippen LogP contribution in [0, 0.1) is 0 Å². The molecule has 0 bridgehead atoms. The van der Waals surface area contributed by atoms with E-state index in [0.29, 0.717) is 10.8 Å². The summed E-state index contributed by atoms with van der Waals surface area (Å²) in [4.78, 5) is 4.18. The molecule has 2 aromatic rings. The molecule has 0 aliphatic carbocycles. The maximum Gasteiger partial charge on any atom is 0.130 e. The van der Waals surface area contributed by atoms with Crippen molar-refractivity contribution in [3.8, 4) is 5.75 Å². The fourth-order valence-corrected chi connectivity index (χ4v) is 1.54. The fourth-order valence-electron chi connectivity index (χ4n) is 1.38. The molecule has 0 spiro atoms. The Hall–Kier alpha value is -1.32. The van der Waals surface area contributed by atoms with Crippen LogP contribution in [0.1, 0.15) is 0 Å². The zero-order valence-corrected chi connectivity index (χ0v) is 8.74. The van der Waals surface area contributed by atoms with Gasteiger partial charge in [-0.15, -0.1) is 0 Å². The molecule has 3 nitrogen and oxygen atoms in total. The number of nitrogens with zero attached hydrogens (tertiary/aromatic N) is 1. The molecule has 1 aromatic carbocycles. The Morgan fingerprint density at radius 1 is 1.33 bits per heavy atom. The molecule has 0 radical (unpaired) electrons. The molecule has 0 fully saturated rings. The van der Waals surface area contributed by atoms with Gasteiger partial charge in [0.2, 0.25) is 0 Å². The molecule has 0 aliphatic rings. The number of hydrogen-bond acceptors (Lipinski definition) is 3. The number of halogens is 1. The summed E-state index contributed by atoms with van der Waals surface area (Å²) >= 11 is 5.85. The SMILES string of the molecule is OCCOc1ccnc2cc(Cl)ccc12. The molecule has 0 atom stereocenters. The highest BCUT2D eigenvalue weighted by Crippen LogP contribution is 2.25. The highest BCUT2D eigenvalue weighted by atomic mass is 35.5. The number of benzene rings is 1. The van der Waals surface area contributed by atoms with Crippen LogP contribution in [0.2, 0.25) is 5.02 Å². The topological polar surface area (TPSA) is 42.4 Å². The second-order valence-corrected chi connectivity index (χ2v) is 3.48. The van der Waals surface area contributed by atoms with Crippen LogP contribution in [0.4, 0.5) is 0 Å². The highest BCUT2D eigenvalue weighted by Gasteiger charge is 2.02. The molecule has 0 amide bonds. The van der Waals surface area contributed by atoms with Gasteiger partial charge in [0, 0.05) is 16.6 Å². The Bertz CT molecular complexity index is 473. The molecule has 1 N–H and O–H groups in total. The van der Waals surface area contributed by atoms with Crippen molar-refractivity contribution in [1.82, 2.24) is 4.98 Å². The summed E-state index contributed by atoms with van der Waals surface area (Å²) in [5.74, 6) is 0.714. The summed E-state index contributed by atoms with van der Waals surface area (Å²) in [5, 5.41) is 10.2. The third-order valence-electron chi connectivity index (χ3n) is 2.01. The number of hydrogen-bond donors (Lipinski definition) is 1. The largest absolute Gasteiger partial charge is 0.490 e. The summed E-state index contributed by atoms with van der Waals surface area (Å²) in [5.41, 5.74) is 0.790. The summed E-state index contributed by atoms with van der Waals surface area (Å²) in [6.45, 7) is 0.277. The minimum atomic E-state index is -0.00257. The lowest BCUT2D eigenvalue weighted by Crippen LogP contribution is -2.02. The Balaban J connectivity index is 2.46. The van der Waals surface area contributed by atoms with E-state index in [-0.39, 0.29) is 13.2 Å². The molecule has 78 valence electrons. The van der Waals surface area contributed by atoms with Gasteiger partial charge in [-0.05, 0) is 24.3 Å². The number of fused-ring (bicyclic) bond motifs is 1. The fraction of sp³-hybridized carbons (Fsp3) is 0.182. The van der Waals surface area contributed by atoms with Crippen LogP contribution in [-0.4, -0.2) is 23.3 Å². The van der Waals surface area contributed by atoms with Crippen LogP contribution in [0.25, 0.3) is 10.9 Å². The van der Waals surface area contributed by atoms with Crippen molar-refractivity contribution in [2.75, 3.05) is 13.2 Å². The first-order chi connectivity index (χ1) is 7.31. The normalized spacial score (nSPS) is 10.5. The third-order valence-corrected chi connectivity index (χ3v) is 2.25. The van der Waals surface area contributed by atoms with E-state index in [4.69, 9.17) is 21.4 Å². The average Bonchev–Trinajstić information content (AvgIpc) is 2.25. The van der Waals surface area contributed by atoms with Crippen molar-refractivity contribution in [2.45, 2.75) is 0 Å². The summed E-state index contributed by atoms with van der Waals surface area (Å²) in [7, 11) is 0. The van der Waals surface area contributed by atoms with E-state index in [9.17, 15) is 0 Å². The van der Waals surface area contributed by atoms with Crippen LogP contribution in [0.15, 0.2) is 30.5 Å². The smallest absolute Gasteiger partial charge is 0.130 e. The quantitative estimate of drug-likeness (QED) is 0.868. The van der Waals surface area contributed by atoms with Gasteiger partial charge in [0.05, 0.1) is 12.1 Å². The van der Waals surface area contributed by atoms with Gasteiger partial charge in [-0.3, -0.25) is 4.98 Å². The first kappa shape index (κ1) is 10.2. The van der Waals surface area contributed by atoms with Crippen molar-refractivity contribution in [3.05, 3.63) is 35.5 Å². The van der Waals surface area contributed by atoms with Crippen molar-refractivity contribution in [1.29, 1.82) is 0 Å². The Morgan fingerprint density at radius 3 is 3.00 bits per heavy atom. The predicted molar refractivity (Wildman–Crippen MR) is 59.3 cm³/mol. The number of ether oxygens (including phenoxy) is 1. The Morgan fingerprint density at radius 2 is 2.20 bits per heavy atom. The minimum Gasteiger partial charge on any atom is -0.490 e. The van der Waals surface area contributed by atoms with E-state index in [1.807, 2.05) is 6.07 Å². The molecule has 0 aliphatic heterocycles. The number of rotatable bonds is 3. The Labute approximate surface area is 92.3 Å². The molecule has 1 aromatic heterocycles. The minimum absolute atomic E-state index is 0.00257. The molecule has 1 heterocycles. The van der Waals surface area contributed by atoms with Crippen LogP contribution in [-0.2, 0) is 0 Å². The van der Waals surface area contributed by atoms with Gasteiger partial charge in [0.25, 0.3) is 0 Å². The van der Waals surface area contributed by atoms with Gasteiger partial charge in [-0.2, -0.15) is 0 Å². The number of pyridine rings is 1. The van der Waals surface area contributed by atoms with Gasteiger partial charge in [-0.1, -0.05) is 11.6 Å². The number of aliphatic hydroxyl groups is 1. The Kier molecular flexibility index (Phi) is 3.04. The monoisotopic (exact) mass is 223 g/mol. The van der Waals surface area contributed by atoms with Crippen molar-refractivity contribution in [2.24, 2.45) is 0 Å². The van der Waals surface area contributed by atoms with E-state index < -0.39 is 0 Å². The summed E-state index contributed by atoms with van der Waals surface area (Å²) in [6.07, 6.45) is 1.66. The van der Waals surface area contributed by atoms with Gasteiger partial charge < -0.3 is 9.84 Å². The summed E-state index contributed by atoms with van der Waals surface area (Å²) < 4.78 is 5.38. The van der Waals surface area contributed by atoms with Gasteiger partial charge >= 0.3 is 0 Å². The zero-order valence-electron chi connectivity index (χ0n) is 7.98. The van der Waals surface area contributed by atoms with Crippen molar-refractivity contribution in [3.63, 3.8) is 0 Å². The maximum atomic E-state index is 8.68. The molecular formula is C11H10ClNO2. The molecule has 2 rings (SSSR count). The zero-order chi connectivity index (χ0) is 10.7. The lowest BCUT2D eigenvalue weighted by atomic mass is 10.2. The third kappa shape index (κ3) is 2.19. The summed E-state index contributed by atoms with van der Waals surface area (Å²) in [6, 6.07) is 7.20. The van der Waals surface area contributed by atoms with E-state index >= 15 is 0 Å². The van der Waals surface area contributed by atoms with E-state index in [0.717, 1.165) is 10.9 Å². The van der Waals surface area contributed by atoms with Crippen LogP contribution in [0.3, 0.4) is 0 Å². The number of aliphatic hydroxyl groups excluding tert-OH is 1. The van der Waals surface area contributed by atoms with Gasteiger partial charge in [-0.25, -0.2) is 0 Å². The molecule has 0 saturated heterocycles. The van der Waals surface area contributed by atoms with Gasteiger partial charge in [0.1, 0.15) is 12.4 Å². The molecule has 4 heteroatoms. The first-order valence-corrected chi connectivity index (χ1v) is 4.97. The van der Waals surface area contributed by atoms with E-state index in [1.54, 1.807) is 24.4 Å². The average molecular weight is 224 g/mol. The lowest BCUT2D eigenvalue weighted by molar-refractivity contribution is 0.203. The highest BCUT2D eigenvalue weighted by molar-refractivity contribution is 6.31. The van der Waals surface area contributed by atoms with Crippen LogP contribution >= 0.6 is 11.6 Å². The molecule has 0 saturated carbocycles. The maximum absolute atomic E-state index is 8.68. The van der Waals surface area contributed by atoms with Crippen molar-refractivity contribution < 1.29 is 9.84 Å². The second kappa shape index (κ2) is 4.47. The van der Waals surface area contributed by atoms with Crippen LogP contribution in [0.5, 0.6) is 5.75 Å². The van der Waals surface area contributed by atoms with Crippen LogP contribution < -0.4 is 4.74 Å². The second-order valence-electron chi connectivity index (χ2n) is 3.04. The predicted octanol–water partition coefficient (Wildman–Crippen LogP) is 2.26. The van der Waals surface area contributed by atoms with E-state index in [1.165, 1.54) is 0 Å². The standard InChI is InChI=1S/C11H10ClNO2/c12-8-1-2-9-10(7-8)13-4-3-11(9)15-6-5-14/h1-4,7,14H,5-6H2. The molecule has 0 unspecified atom stereocenters. The first-order valence-electron chi connectivity index (χ1n) is 4.59. The van der Waals surface area contributed by atoms with Crippen molar-refractivity contribution >= 4 is 22.5 Å². The lowest BCUT2D eigenvalue weighted by Gasteiger charge is -2.07. The molecule has 15 heavy (non-hydrogen) atoms. The van der Waals surface area contributed by atoms with E-state index in [2.05, 4.69) is 4.98 Å².